The average Bonchev–Trinajstić information content (AvgIpc) is 3.47. The molecule has 2 N–H and O–H groups in total. The van der Waals surface area contributed by atoms with Crippen LogP contribution in [0.2, 0.25) is 0 Å². The number of pyridine rings is 2. The summed E-state index contributed by atoms with van der Waals surface area (Å²) in [6.45, 7) is 2.49. The van der Waals surface area contributed by atoms with Crippen LogP contribution in [0.3, 0.4) is 0 Å². The lowest BCUT2D eigenvalue weighted by Crippen LogP contribution is -2.50. The number of ether oxygens (including phenoxy) is 2. The Balaban J connectivity index is 0.000000591. The Morgan fingerprint density at radius 2 is 1.78 bits per heavy atom. The molecule has 0 aliphatic carbocycles. The van der Waals surface area contributed by atoms with E-state index in [1.54, 1.807) is 24.0 Å². The van der Waals surface area contributed by atoms with Gasteiger partial charge in [0.15, 0.2) is 6.10 Å². The number of aliphatic hydroxyl groups excluding tert-OH is 1. The SMILES string of the molecule is COC(C(=O)N1CCN(c2ccc(-c3cc(OCCO)cn4ncc(C#N)c34)cn2)CC1)c1ccccc1.O=C(O)C(F)(F)F. The number of rotatable bonds is 8. The number of carboxylic acids is 1. The number of aliphatic hydroxyl groups is 1. The van der Waals surface area contributed by atoms with Gasteiger partial charge in [0.1, 0.15) is 24.2 Å². The number of carbonyl (C=O) groups is 2. The fourth-order valence-corrected chi connectivity index (χ4v) is 4.70. The van der Waals surface area contributed by atoms with Gasteiger partial charge in [-0.25, -0.2) is 14.3 Å². The van der Waals surface area contributed by atoms with Crippen LogP contribution in [-0.2, 0) is 14.3 Å². The van der Waals surface area contributed by atoms with E-state index in [1.165, 1.54) is 6.20 Å². The molecule has 1 unspecified atom stereocenters. The number of aliphatic carboxylic acids is 1. The number of halogens is 3. The van der Waals surface area contributed by atoms with E-state index in [1.807, 2.05) is 53.4 Å². The number of carboxylic acid groups (broad SMARTS) is 1. The molecule has 1 atom stereocenters. The van der Waals surface area contributed by atoms with E-state index in [-0.39, 0.29) is 19.1 Å². The first-order chi connectivity index (χ1) is 21.6. The van der Waals surface area contributed by atoms with Gasteiger partial charge < -0.3 is 29.5 Å². The highest BCUT2D eigenvalue weighted by atomic mass is 19.4. The van der Waals surface area contributed by atoms with E-state index in [2.05, 4.69) is 16.1 Å². The molecule has 1 aliphatic rings. The van der Waals surface area contributed by atoms with Crippen LogP contribution in [0, 0.1) is 11.3 Å². The smallest absolute Gasteiger partial charge is 0.490 e. The molecule has 1 fully saturated rings. The summed E-state index contributed by atoms with van der Waals surface area (Å²) in [4.78, 5) is 30.7. The van der Waals surface area contributed by atoms with Crippen molar-refractivity contribution in [3.05, 3.63) is 78.2 Å². The number of anilines is 1. The molecule has 4 aromatic rings. The maximum Gasteiger partial charge on any atom is 0.490 e. The van der Waals surface area contributed by atoms with Crippen molar-refractivity contribution in [1.82, 2.24) is 19.5 Å². The molecule has 1 aliphatic heterocycles. The van der Waals surface area contributed by atoms with Crippen molar-refractivity contribution in [2.45, 2.75) is 12.3 Å². The molecule has 0 saturated carbocycles. The zero-order valence-electron chi connectivity index (χ0n) is 24.0. The van der Waals surface area contributed by atoms with Crippen molar-refractivity contribution in [2.24, 2.45) is 0 Å². The van der Waals surface area contributed by atoms with Crippen molar-refractivity contribution in [2.75, 3.05) is 51.4 Å². The number of carbonyl (C=O) groups excluding carboxylic acids is 1. The minimum Gasteiger partial charge on any atom is -0.490 e. The molecular formula is C30H29F3N6O6. The van der Waals surface area contributed by atoms with E-state index < -0.39 is 18.2 Å². The third-order valence-corrected chi connectivity index (χ3v) is 6.85. The number of fused-ring (bicyclic) bond motifs is 1. The molecular weight excluding hydrogens is 597 g/mol. The van der Waals surface area contributed by atoms with Crippen LogP contribution in [0.15, 0.2) is 67.1 Å². The molecule has 0 radical (unpaired) electrons. The van der Waals surface area contributed by atoms with Gasteiger partial charge in [-0.3, -0.25) is 4.79 Å². The lowest BCUT2D eigenvalue weighted by Gasteiger charge is -2.36. The molecule has 236 valence electrons. The van der Waals surface area contributed by atoms with Crippen LogP contribution in [0.25, 0.3) is 16.6 Å². The van der Waals surface area contributed by atoms with Gasteiger partial charge in [0.05, 0.1) is 30.1 Å². The summed E-state index contributed by atoms with van der Waals surface area (Å²) in [6, 6.07) is 17.4. The van der Waals surface area contributed by atoms with Crippen LogP contribution in [0.4, 0.5) is 19.0 Å². The van der Waals surface area contributed by atoms with Gasteiger partial charge in [0.2, 0.25) is 0 Å². The molecule has 1 aromatic carbocycles. The summed E-state index contributed by atoms with van der Waals surface area (Å²) in [7, 11) is 1.56. The van der Waals surface area contributed by atoms with Crippen molar-refractivity contribution in [1.29, 1.82) is 5.26 Å². The number of amides is 1. The van der Waals surface area contributed by atoms with Crippen LogP contribution >= 0.6 is 0 Å². The van der Waals surface area contributed by atoms with E-state index in [0.717, 1.165) is 22.5 Å². The number of hydrogen-bond acceptors (Lipinski definition) is 9. The maximum atomic E-state index is 13.1. The van der Waals surface area contributed by atoms with Gasteiger partial charge in [-0.05, 0) is 23.8 Å². The second-order valence-corrected chi connectivity index (χ2v) is 9.67. The highest BCUT2D eigenvalue weighted by Crippen LogP contribution is 2.31. The minimum atomic E-state index is -5.08. The van der Waals surface area contributed by atoms with Gasteiger partial charge in [-0.2, -0.15) is 23.5 Å². The summed E-state index contributed by atoms with van der Waals surface area (Å²) in [6.07, 6.45) is -0.730. The van der Waals surface area contributed by atoms with E-state index in [4.69, 9.17) is 29.5 Å². The van der Waals surface area contributed by atoms with Crippen LogP contribution in [0.1, 0.15) is 17.2 Å². The number of aromatic nitrogens is 3. The predicted octanol–water partition coefficient (Wildman–Crippen LogP) is 3.31. The first-order valence-electron chi connectivity index (χ1n) is 13.6. The van der Waals surface area contributed by atoms with Crippen molar-refractivity contribution >= 4 is 23.2 Å². The quantitative estimate of drug-likeness (QED) is 0.298. The van der Waals surface area contributed by atoms with Crippen molar-refractivity contribution in [3.63, 3.8) is 0 Å². The number of methoxy groups -OCH3 is 1. The summed E-state index contributed by atoms with van der Waals surface area (Å²) in [5, 5.41) is 30.1. The Morgan fingerprint density at radius 3 is 2.33 bits per heavy atom. The lowest BCUT2D eigenvalue weighted by atomic mass is 10.1. The monoisotopic (exact) mass is 626 g/mol. The van der Waals surface area contributed by atoms with E-state index >= 15 is 0 Å². The lowest BCUT2D eigenvalue weighted by molar-refractivity contribution is -0.192. The minimum absolute atomic E-state index is 0.0388. The third-order valence-electron chi connectivity index (χ3n) is 6.85. The van der Waals surface area contributed by atoms with Crippen LogP contribution in [-0.4, -0.2) is 94.3 Å². The van der Waals surface area contributed by atoms with E-state index in [0.29, 0.717) is 43.0 Å². The number of hydrogen-bond donors (Lipinski definition) is 2. The molecule has 0 bridgehead atoms. The number of nitrogens with zero attached hydrogens (tertiary/aromatic N) is 6. The Bertz CT molecular complexity index is 1650. The molecule has 15 heteroatoms. The van der Waals surface area contributed by atoms with Gasteiger partial charge in [-0.1, -0.05) is 30.3 Å². The summed E-state index contributed by atoms with van der Waals surface area (Å²) in [5.41, 5.74) is 3.53. The molecule has 3 aromatic heterocycles. The summed E-state index contributed by atoms with van der Waals surface area (Å²) in [5.74, 6) is -1.45. The molecule has 12 nitrogen and oxygen atoms in total. The third kappa shape index (κ3) is 7.85. The standard InChI is InChI=1S/C28H28N6O4.C2HF3O2/c1-37-27(20-5-3-2-4-6-20)28(36)33-11-9-32(10-12-33)25-8-7-21(17-30-25)24-15-23(38-14-13-35)19-34-26(24)22(16-29)18-31-34;3-2(4,5)1(6)7/h2-8,15,17-19,27,35H,9-14H2,1H3;(H,6,7). The highest BCUT2D eigenvalue weighted by Gasteiger charge is 2.38. The van der Waals surface area contributed by atoms with Gasteiger partial charge in [0, 0.05) is 50.6 Å². The Labute approximate surface area is 255 Å². The first-order valence-corrected chi connectivity index (χ1v) is 13.6. The Kier molecular flexibility index (Phi) is 10.6. The van der Waals surface area contributed by atoms with Gasteiger partial charge in [-0.15, -0.1) is 0 Å². The second-order valence-electron chi connectivity index (χ2n) is 9.67. The zero-order valence-corrected chi connectivity index (χ0v) is 24.0. The Hall–Kier alpha value is -5.20. The molecule has 5 rings (SSSR count). The first kappa shape index (κ1) is 32.7. The van der Waals surface area contributed by atoms with Crippen LogP contribution < -0.4 is 9.64 Å². The fraction of sp³-hybridized carbons (Fsp3) is 0.300. The molecule has 1 saturated heterocycles. The van der Waals surface area contributed by atoms with Crippen LogP contribution in [0.5, 0.6) is 5.75 Å². The van der Waals surface area contributed by atoms with E-state index in [9.17, 15) is 23.2 Å². The molecule has 1 amide bonds. The number of nitriles is 1. The topological polar surface area (TPSA) is 154 Å². The molecule has 45 heavy (non-hydrogen) atoms. The highest BCUT2D eigenvalue weighted by molar-refractivity contribution is 5.85. The van der Waals surface area contributed by atoms with Crippen molar-refractivity contribution in [3.8, 4) is 22.9 Å². The largest absolute Gasteiger partial charge is 0.490 e. The second kappa shape index (κ2) is 14.5. The average molecular weight is 627 g/mol. The molecule has 4 heterocycles. The normalized spacial score (nSPS) is 13.9. The van der Waals surface area contributed by atoms with Crippen molar-refractivity contribution < 1.29 is 42.4 Å². The summed E-state index contributed by atoms with van der Waals surface area (Å²) < 4.78 is 44.5. The number of alkyl halides is 3. The summed E-state index contributed by atoms with van der Waals surface area (Å²) >= 11 is 0. The molecule has 0 spiro atoms. The number of benzene rings is 1. The zero-order chi connectivity index (χ0) is 32.6. The fourth-order valence-electron chi connectivity index (χ4n) is 4.70. The number of piperazine rings is 1. The predicted molar refractivity (Wildman–Crippen MR) is 154 cm³/mol. The van der Waals surface area contributed by atoms with Gasteiger partial charge in [0.25, 0.3) is 5.91 Å². The maximum absolute atomic E-state index is 13.1. The Morgan fingerprint density at radius 1 is 1.09 bits per heavy atom. The van der Waals surface area contributed by atoms with Gasteiger partial charge >= 0.3 is 12.1 Å².